The lowest BCUT2D eigenvalue weighted by molar-refractivity contribution is 0.0624. The van der Waals surface area contributed by atoms with Gasteiger partial charge in [-0.15, -0.1) is 0 Å². The van der Waals surface area contributed by atoms with Gasteiger partial charge in [0.2, 0.25) is 0 Å². The van der Waals surface area contributed by atoms with Crippen LogP contribution in [-0.4, -0.2) is 13.2 Å². The Labute approximate surface area is 127 Å². The van der Waals surface area contributed by atoms with E-state index in [0.29, 0.717) is 17.4 Å². The summed E-state index contributed by atoms with van der Waals surface area (Å²) in [7, 11) is -1.27. The fraction of sp³-hybridized carbons (Fsp3) is 0.368. The van der Waals surface area contributed by atoms with Crippen molar-refractivity contribution < 1.29 is 5.11 Å². The topological polar surface area (TPSA) is 20.2 Å². The third-order valence-electron chi connectivity index (χ3n) is 5.45. The minimum atomic E-state index is -1.27. The summed E-state index contributed by atoms with van der Waals surface area (Å²) < 4.78 is 0. The predicted octanol–water partition coefficient (Wildman–Crippen LogP) is 4.36. The lowest BCUT2D eigenvalue weighted by atomic mass is 9.84. The highest BCUT2D eigenvalue weighted by molar-refractivity contribution is 6.78. The number of hydrogen-bond acceptors (Lipinski definition) is 1. The molecule has 0 aliphatic heterocycles. The monoisotopic (exact) mass is 294 g/mol. The molecule has 0 radical (unpaired) electrons. The Bertz CT molecular complexity index is 688. The van der Waals surface area contributed by atoms with E-state index in [1.165, 1.54) is 5.56 Å². The second-order valence-electron chi connectivity index (χ2n) is 7.66. The van der Waals surface area contributed by atoms with Crippen LogP contribution in [0.3, 0.4) is 0 Å². The van der Waals surface area contributed by atoms with Gasteiger partial charge in [-0.1, -0.05) is 74.2 Å². The fourth-order valence-electron chi connectivity index (χ4n) is 4.65. The summed E-state index contributed by atoms with van der Waals surface area (Å²) in [6.07, 6.45) is 0. The quantitative estimate of drug-likeness (QED) is 0.816. The Kier molecular flexibility index (Phi) is 2.58. The van der Waals surface area contributed by atoms with Gasteiger partial charge < -0.3 is 5.11 Å². The van der Waals surface area contributed by atoms with Crippen molar-refractivity contribution in [3.05, 3.63) is 71.3 Å². The molecular formula is C19H22OSi. The molecule has 1 fully saturated rings. The Balaban J connectivity index is 1.91. The largest absolute Gasteiger partial charge is 0.380 e. The normalized spacial score (nSPS) is 33.4. The molecule has 2 aromatic rings. The van der Waals surface area contributed by atoms with E-state index in [-0.39, 0.29) is 0 Å². The highest BCUT2D eigenvalue weighted by Crippen LogP contribution is 2.76. The molecular weight excluding hydrogens is 272 g/mol. The van der Waals surface area contributed by atoms with E-state index in [1.54, 1.807) is 0 Å². The van der Waals surface area contributed by atoms with Crippen LogP contribution in [0.1, 0.15) is 22.6 Å². The van der Waals surface area contributed by atoms with E-state index < -0.39 is 13.7 Å². The van der Waals surface area contributed by atoms with Crippen LogP contribution >= 0.6 is 0 Å². The number of fused-ring (bicyclic) bond motifs is 3. The molecule has 2 heteroatoms. The van der Waals surface area contributed by atoms with Crippen LogP contribution in [0.2, 0.25) is 25.2 Å². The van der Waals surface area contributed by atoms with Crippen LogP contribution in [0.15, 0.2) is 54.6 Å². The van der Waals surface area contributed by atoms with Crippen LogP contribution in [0, 0.1) is 5.92 Å². The zero-order valence-electron chi connectivity index (χ0n) is 12.9. The smallest absolute Gasteiger partial charge is 0.118 e. The van der Waals surface area contributed by atoms with Crippen molar-refractivity contribution in [3.8, 4) is 0 Å². The zero-order chi connectivity index (χ0) is 14.8. The summed E-state index contributed by atoms with van der Waals surface area (Å²) in [6, 6.07) is 18.8. The van der Waals surface area contributed by atoms with Gasteiger partial charge in [0, 0.05) is 14.0 Å². The lowest BCUT2D eigenvalue weighted by Gasteiger charge is -2.31. The molecule has 21 heavy (non-hydrogen) atoms. The van der Waals surface area contributed by atoms with Crippen LogP contribution in [0.4, 0.5) is 0 Å². The summed E-state index contributed by atoms with van der Waals surface area (Å²) in [6.45, 7) is 7.30. The maximum absolute atomic E-state index is 11.7. The number of hydrogen-bond donors (Lipinski definition) is 1. The molecule has 0 saturated heterocycles. The van der Waals surface area contributed by atoms with E-state index in [2.05, 4.69) is 56.0 Å². The number of benzene rings is 2. The minimum absolute atomic E-state index is 0.379. The Hall–Kier alpha value is -1.38. The number of rotatable bonds is 2. The summed E-state index contributed by atoms with van der Waals surface area (Å²) in [4.78, 5) is 0. The van der Waals surface area contributed by atoms with Crippen molar-refractivity contribution in [2.75, 3.05) is 0 Å². The van der Waals surface area contributed by atoms with E-state index in [1.807, 2.05) is 18.2 Å². The standard InChI is InChI=1S/C19H22OSi/c1-21(2,3)18-16-14-11-7-8-12-15(14)19(20,17(16)18)13-9-5-4-6-10-13/h4-12,16-18,20H,1-3H3/t16-,17+,18+,19+/m0/s1. The van der Waals surface area contributed by atoms with Gasteiger partial charge in [-0.05, 0) is 28.1 Å². The van der Waals surface area contributed by atoms with Gasteiger partial charge in [-0.3, -0.25) is 0 Å². The molecule has 2 aliphatic rings. The van der Waals surface area contributed by atoms with Crippen LogP contribution in [0.5, 0.6) is 0 Å². The Morgan fingerprint density at radius 3 is 2.19 bits per heavy atom. The van der Waals surface area contributed by atoms with Gasteiger partial charge >= 0.3 is 0 Å². The molecule has 0 heterocycles. The lowest BCUT2D eigenvalue weighted by Crippen LogP contribution is -2.33. The molecule has 1 nitrogen and oxygen atoms in total. The van der Waals surface area contributed by atoms with E-state index in [0.717, 1.165) is 11.1 Å². The molecule has 0 bridgehead atoms. The van der Waals surface area contributed by atoms with Crippen LogP contribution < -0.4 is 0 Å². The molecule has 0 spiro atoms. The van der Waals surface area contributed by atoms with E-state index >= 15 is 0 Å². The first-order valence-corrected chi connectivity index (χ1v) is 11.4. The van der Waals surface area contributed by atoms with E-state index in [4.69, 9.17) is 0 Å². The summed E-state index contributed by atoms with van der Waals surface area (Å²) in [5.41, 5.74) is 3.50. The first-order chi connectivity index (χ1) is 9.95. The van der Waals surface area contributed by atoms with Gasteiger partial charge in [-0.2, -0.15) is 0 Å². The van der Waals surface area contributed by atoms with Gasteiger partial charge in [0.25, 0.3) is 0 Å². The third kappa shape index (κ3) is 1.66. The maximum atomic E-state index is 11.7. The molecule has 0 aromatic heterocycles. The average Bonchev–Trinajstić information content (AvgIpc) is 3.18. The highest BCUT2D eigenvalue weighted by Gasteiger charge is 2.70. The highest BCUT2D eigenvalue weighted by atomic mass is 28.3. The summed E-state index contributed by atoms with van der Waals surface area (Å²) >= 11 is 0. The van der Waals surface area contributed by atoms with Crippen molar-refractivity contribution in [2.45, 2.75) is 36.7 Å². The van der Waals surface area contributed by atoms with Gasteiger partial charge in [0.15, 0.2) is 0 Å². The molecule has 1 saturated carbocycles. The molecule has 4 rings (SSSR count). The van der Waals surface area contributed by atoms with E-state index in [9.17, 15) is 5.11 Å². The molecule has 1 N–H and O–H groups in total. The van der Waals surface area contributed by atoms with Crippen molar-refractivity contribution in [3.63, 3.8) is 0 Å². The average molecular weight is 294 g/mol. The summed E-state index contributed by atoms with van der Waals surface area (Å²) in [5.74, 6) is 0.946. The van der Waals surface area contributed by atoms with Crippen molar-refractivity contribution in [1.82, 2.24) is 0 Å². The Morgan fingerprint density at radius 1 is 0.905 bits per heavy atom. The molecule has 108 valence electrons. The van der Waals surface area contributed by atoms with Crippen LogP contribution in [0.25, 0.3) is 0 Å². The first kappa shape index (κ1) is 13.3. The molecule has 2 aromatic carbocycles. The SMILES string of the molecule is C[Si](C)(C)[C@@H]1[C@H]2c3ccccc3[C@](O)(c3ccccc3)[C@H]21. The second-order valence-corrected chi connectivity index (χ2v) is 13.1. The minimum Gasteiger partial charge on any atom is -0.380 e. The van der Waals surface area contributed by atoms with Crippen LogP contribution in [-0.2, 0) is 5.60 Å². The zero-order valence-corrected chi connectivity index (χ0v) is 13.9. The van der Waals surface area contributed by atoms with Gasteiger partial charge in [0.1, 0.15) is 5.60 Å². The van der Waals surface area contributed by atoms with Crippen molar-refractivity contribution in [1.29, 1.82) is 0 Å². The van der Waals surface area contributed by atoms with Gasteiger partial charge in [-0.25, -0.2) is 0 Å². The molecule has 2 aliphatic carbocycles. The molecule has 0 unspecified atom stereocenters. The molecule has 4 atom stereocenters. The number of aliphatic hydroxyl groups is 1. The summed E-state index contributed by atoms with van der Waals surface area (Å²) in [5, 5.41) is 11.7. The first-order valence-electron chi connectivity index (χ1n) is 7.83. The predicted molar refractivity (Wildman–Crippen MR) is 89.2 cm³/mol. The third-order valence-corrected chi connectivity index (χ3v) is 8.16. The maximum Gasteiger partial charge on any atom is 0.118 e. The second kappa shape index (κ2) is 4.08. The molecule has 0 amide bonds. The fourth-order valence-corrected chi connectivity index (χ4v) is 7.53. The van der Waals surface area contributed by atoms with Crippen molar-refractivity contribution >= 4 is 8.07 Å². The van der Waals surface area contributed by atoms with Crippen molar-refractivity contribution in [2.24, 2.45) is 5.92 Å². The Morgan fingerprint density at radius 2 is 1.52 bits per heavy atom. The van der Waals surface area contributed by atoms with Gasteiger partial charge in [0.05, 0.1) is 0 Å².